The van der Waals surface area contributed by atoms with Crippen molar-refractivity contribution in [1.82, 2.24) is 0 Å². The van der Waals surface area contributed by atoms with Gasteiger partial charge < -0.3 is 10.5 Å². The Labute approximate surface area is 112 Å². The van der Waals surface area contributed by atoms with Crippen LogP contribution in [-0.4, -0.2) is 32.5 Å². The van der Waals surface area contributed by atoms with E-state index in [1.165, 1.54) is 11.1 Å². The highest BCUT2D eigenvalue weighted by Crippen LogP contribution is 2.28. The van der Waals surface area contributed by atoms with Crippen LogP contribution in [0.4, 0.5) is 0 Å². The zero-order valence-corrected chi connectivity index (χ0v) is 11.4. The van der Waals surface area contributed by atoms with E-state index in [2.05, 4.69) is 24.3 Å². The molecule has 2 N–H and O–H groups in total. The lowest BCUT2D eigenvalue weighted by molar-refractivity contribution is 0.0679. The van der Waals surface area contributed by atoms with Gasteiger partial charge in [-0.1, -0.05) is 24.3 Å². The molecule has 0 bridgehead atoms. The van der Waals surface area contributed by atoms with Gasteiger partial charge in [0.1, 0.15) is 0 Å². The molecule has 0 spiro atoms. The van der Waals surface area contributed by atoms with Crippen LogP contribution < -0.4 is 5.73 Å². The van der Waals surface area contributed by atoms with E-state index in [1.54, 1.807) is 7.11 Å². The number of fused-ring (bicyclic) bond motifs is 1. The summed E-state index contributed by atoms with van der Waals surface area (Å²) in [7, 11) is 1.57. The summed E-state index contributed by atoms with van der Waals surface area (Å²) >= 11 is 0.968. The van der Waals surface area contributed by atoms with Crippen LogP contribution >= 0.6 is 12.3 Å². The molecule has 0 saturated heterocycles. The molecule has 0 heterocycles. The maximum absolute atomic E-state index is 6.35. The Morgan fingerprint density at radius 2 is 1.89 bits per heavy atom. The standard InChI is InChI=1S/C13H19NO3S/c1-15-18-17-7-6-16-10-13(14)8-11-4-2-3-5-12(11)9-13/h2-5H,6-10,14H2,1H3. The lowest BCUT2D eigenvalue weighted by Gasteiger charge is -2.23. The minimum atomic E-state index is -0.266. The van der Waals surface area contributed by atoms with Gasteiger partial charge in [0.15, 0.2) is 12.3 Å². The van der Waals surface area contributed by atoms with Crippen molar-refractivity contribution < 1.29 is 13.1 Å². The van der Waals surface area contributed by atoms with Crippen LogP contribution in [0.1, 0.15) is 11.1 Å². The molecule has 0 atom stereocenters. The van der Waals surface area contributed by atoms with E-state index in [-0.39, 0.29) is 5.54 Å². The highest BCUT2D eigenvalue weighted by Gasteiger charge is 2.33. The predicted molar refractivity (Wildman–Crippen MR) is 72.1 cm³/mol. The second kappa shape index (κ2) is 6.54. The third-order valence-electron chi connectivity index (χ3n) is 3.02. The average molecular weight is 269 g/mol. The fourth-order valence-electron chi connectivity index (χ4n) is 2.28. The van der Waals surface area contributed by atoms with Crippen molar-refractivity contribution >= 4 is 12.3 Å². The van der Waals surface area contributed by atoms with E-state index in [4.69, 9.17) is 18.8 Å². The highest BCUT2D eigenvalue weighted by molar-refractivity contribution is 7.89. The molecule has 100 valence electrons. The van der Waals surface area contributed by atoms with Crippen LogP contribution in [0.3, 0.4) is 0 Å². The van der Waals surface area contributed by atoms with Gasteiger partial charge in [-0.05, 0) is 24.0 Å². The molecule has 1 aromatic carbocycles. The molecule has 1 aliphatic rings. The Hall–Kier alpha value is -0.590. The van der Waals surface area contributed by atoms with Gasteiger partial charge in [0, 0.05) is 5.54 Å². The lowest BCUT2D eigenvalue weighted by Crippen LogP contribution is -2.45. The quantitative estimate of drug-likeness (QED) is 0.603. The van der Waals surface area contributed by atoms with E-state index >= 15 is 0 Å². The molecule has 5 heteroatoms. The summed E-state index contributed by atoms with van der Waals surface area (Å²) in [6.45, 7) is 1.59. The molecule has 0 aromatic heterocycles. The maximum atomic E-state index is 6.35. The van der Waals surface area contributed by atoms with Gasteiger partial charge in [-0.3, -0.25) is 8.37 Å². The van der Waals surface area contributed by atoms with E-state index in [0.29, 0.717) is 19.8 Å². The van der Waals surface area contributed by atoms with Crippen molar-refractivity contribution in [3.05, 3.63) is 35.4 Å². The molecule has 18 heavy (non-hydrogen) atoms. The zero-order valence-electron chi connectivity index (χ0n) is 10.6. The minimum absolute atomic E-state index is 0.266. The summed E-state index contributed by atoms with van der Waals surface area (Å²) in [5, 5.41) is 0. The first-order valence-corrected chi connectivity index (χ1v) is 6.66. The fraction of sp³-hybridized carbons (Fsp3) is 0.538. The smallest absolute Gasteiger partial charge is 0.158 e. The predicted octanol–water partition coefficient (Wildman–Crippen LogP) is 1.73. The molecule has 1 aromatic rings. The largest absolute Gasteiger partial charge is 0.377 e. The second-order valence-corrected chi connectivity index (χ2v) is 5.30. The molecule has 0 saturated carbocycles. The second-order valence-electron chi connectivity index (χ2n) is 4.59. The van der Waals surface area contributed by atoms with Gasteiger partial charge in [-0.15, -0.1) is 0 Å². The average Bonchev–Trinajstić information content (AvgIpc) is 2.70. The minimum Gasteiger partial charge on any atom is -0.377 e. The van der Waals surface area contributed by atoms with E-state index in [0.717, 1.165) is 25.2 Å². The maximum Gasteiger partial charge on any atom is 0.158 e. The third-order valence-corrected chi connectivity index (χ3v) is 3.42. The normalized spacial score (nSPS) is 16.8. The molecule has 1 aliphatic carbocycles. The molecule has 0 radical (unpaired) electrons. The summed E-state index contributed by atoms with van der Waals surface area (Å²) in [5.74, 6) is 0. The molecule has 4 nitrogen and oxygen atoms in total. The SMILES string of the molecule is COSOCCOCC1(N)Cc2ccccc2C1. The van der Waals surface area contributed by atoms with Crippen LogP contribution in [-0.2, 0) is 25.9 Å². The number of nitrogens with two attached hydrogens (primary N) is 1. The molecular formula is C13H19NO3S. The number of hydrogen-bond donors (Lipinski definition) is 1. The highest BCUT2D eigenvalue weighted by atomic mass is 32.2. The molecular weight excluding hydrogens is 250 g/mol. The monoisotopic (exact) mass is 269 g/mol. The summed E-state index contributed by atoms with van der Waals surface area (Å²) in [4.78, 5) is 0. The molecule has 2 rings (SSSR count). The number of hydrogen-bond acceptors (Lipinski definition) is 5. The van der Waals surface area contributed by atoms with Crippen molar-refractivity contribution in [3.8, 4) is 0 Å². The Kier molecular flexibility index (Phi) is 5.03. The molecule has 0 fully saturated rings. The fourth-order valence-corrected chi connectivity index (χ4v) is 2.51. The van der Waals surface area contributed by atoms with Gasteiger partial charge in [-0.2, -0.15) is 0 Å². The zero-order chi connectivity index (χ0) is 12.8. The third kappa shape index (κ3) is 3.70. The number of benzene rings is 1. The van der Waals surface area contributed by atoms with E-state index in [9.17, 15) is 0 Å². The Bertz CT molecular complexity index is 361. The summed E-state index contributed by atoms with van der Waals surface area (Å²) in [5.41, 5.74) is 8.77. The molecule has 0 unspecified atom stereocenters. The van der Waals surface area contributed by atoms with Gasteiger partial charge in [-0.25, -0.2) is 0 Å². The van der Waals surface area contributed by atoms with Gasteiger partial charge in [0.05, 0.1) is 26.9 Å². The first-order chi connectivity index (χ1) is 8.73. The topological polar surface area (TPSA) is 53.7 Å². The Morgan fingerprint density at radius 3 is 2.50 bits per heavy atom. The van der Waals surface area contributed by atoms with E-state index in [1.807, 2.05) is 0 Å². The first-order valence-electron chi connectivity index (χ1n) is 5.99. The van der Waals surface area contributed by atoms with Crippen molar-refractivity contribution in [2.24, 2.45) is 5.73 Å². The molecule has 0 aliphatic heterocycles. The van der Waals surface area contributed by atoms with Gasteiger partial charge >= 0.3 is 0 Å². The van der Waals surface area contributed by atoms with Crippen LogP contribution in [0.25, 0.3) is 0 Å². The van der Waals surface area contributed by atoms with Crippen molar-refractivity contribution in [1.29, 1.82) is 0 Å². The van der Waals surface area contributed by atoms with Crippen LogP contribution in [0.15, 0.2) is 24.3 Å². The number of rotatable bonds is 7. The summed E-state index contributed by atoms with van der Waals surface area (Å²) < 4.78 is 15.3. The van der Waals surface area contributed by atoms with E-state index < -0.39 is 0 Å². The van der Waals surface area contributed by atoms with Crippen molar-refractivity contribution in [2.75, 3.05) is 26.9 Å². The number of ether oxygens (including phenoxy) is 1. The summed E-state index contributed by atoms with van der Waals surface area (Å²) in [6, 6.07) is 8.40. The summed E-state index contributed by atoms with van der Waals surface area (Å²) in [6.07, 6.45) is 1.77. The van der Waals surface area contributed by atoms with Gasteiger partial charge in [0.25, 0.3) is 0 Å². The van der Waals surface area contributed by atoms with Crippen LogP contribution in [0.5, 0.6) is 0 Å². The first kappa shape index (κ1) is 13.8. The van der Waals surface area contributed by atoms with Crippen LogP contribution in [0.2, 0.25) is 0 Å². The van der Waals surface area contributed by atoms with Gasteiger partial charge in [0.2, 0.25) is 0 Å². The Morgan fingerprint density at radius 1 is 1.22 bits per heavy atom. The van der Waals surface area contributed by atoms with Crippen molar-refractivity contribution in [2.45, 2.75) is 18.4 Å². The Balaban J connectivity index is 1.71. The lowest BCUT2D eigenvalue weighted by atomic mass is 9.99. The van der Waals surface area contributed by atoms with Crippen LogP contribution in [0, 0.1) is 0 Å². The molecule has 0 amide bonds. The van der Waals surface area contributed by atoms with Crippen molar-refractivity contribution in [3.63, 3.8) is 0 Å².